The van der Waals surface area contributed by atoms with E-state index in [2.05, 4.69) is 15.6 Å². The molecule has 0 saturated carbocycles. The third kappa shape index (κ3) is 3.89. The lowest BCUT2D eigenvalue weighted by Crippen LogP contribution is -2.28. The zero-order chi connectivity index (χ0) is 16.1. The van der Waals surface area contributed by atoms with Crippen LogP contribution in [0.4, 0.5) is 10.5 Å². The van der Waals surface area contributed by atoms with Gasteiger partial charge in [0.1, 0.15) is 13.2 Å². The van der Waals surface area contributed by atoms with Crippen molar-refractivity contribution in [1.29, 1.82) is 0 Å². The number of aliphatic hydroxyl groups is 1. The first-order valence-electron chi connectivity index (χ1n) is 7.25. The number of ether oxygens (including phenoxy) is 2. The summed E-state index contributed by atoms with van der Waals surface area (Å²) >= 11 is 0. The number of nitrogens with zero attached hydrogens (tertiary/aromatic N) is 1. The van der Waals surface area contributed by atoms with Crippen LogP contribution in [-0.2, 0) is 13.2 Å². The maximum Gasteiger partial charge on any atom is 0.319 e. The molecule has 0 atom stereocenters. The van der Waals surface area contributed by atoms with Crippen LogP contribution in [0.1, 0.15) is 11.4 Å². The Kier molecular flexibility index (Phi) is 4.58. The topological polar surface area (TPSA) is 92.7 Å². The van der Waals surface area contributed by atoms with E-state index in [1.807, 2.05) is 0 Å². The molecule has 0 saturated heterocycles. The number of aromatic nitrogens is 1. The van der Waals surface area contributed by atoms with E-state index in [-0.39, 0.29) is 19.2 Å². The van der Waals surface area contributed by atoms with Crippen LogP contribution in [0.3, 0.4) is 0 Å². The molecule has 1 aromatic carbocycles. The summed E-state index contributed by atoms with van der Waals surface area (Å²) in [5, 5.41) is 14.5. The number of rotatable bonds is 4. The minimum atomic E-state index is -0.349. The summed E-state index contributed by atoms with van der Waals surface area (Å²) in [7, 11) is 0. The first kappa shape index (κ1) is 15.1. The van der Waals surface area contributed by atoms with E-state index in [9.17, 15) is 4.79 Å². The maximum atomic E-state index is 11.9. The molecular formula is C16H17N3O4. The van der Waals surface area contributed by atoms with E-state index in [4.69, 9.17) is 14.6 Å². The molecule has 1 aliphatic rings. The van der Waals surface area contributed by atoms with Crippen LogP contribution < -0.4 is 20.1 Å². The lowest BCUT2D eigenvalue weighted by atomic mass is 10.2. The lowest BCUT2D eigenvalue weighted by Gasteiger charge is -2.19. The predicted octanol–water partition coefficient (Wildman–Crippen LogP) is 1.67. The normalized spacial score (nSPS) is 12.6. The van der Waals surface area contributed by atoms with E-state index in [0.717, 1.165) is 0 Å². The van der Waals surface area contributed by atoms with Gasteiger partial charge in [0.25, 0.3) is 0 Å². The van der Waals surface area contributed by atoms with Gasteiger partial charge >= 0.3 is 6.03 Å². The quantitative estimate of drug-likeness (QED) is 0.798. The average molecular weight is 315 g/mol. The van der Waals surface area contributed by atoms with Gasteiger partial charge in [-0.25, -0.2) is 4.79 Å². The van der Waals surface area contributed by atoms with Gasteiger partial charge in [-0.1, -0.05) is 6.07 Å². The molecule has 2 aromatic rings. The maximum absolute atomic E-state index is 11.9. The highest BCUT2D eigenvalue weighted by Gasteiger charge is 2.12. The minimum absolute atomic E-state index is 0.128. The smallest absolute Gasteiger partial charge is 0.319 e. The van der Waals surface area contributed by atoms with Gasteiger partial charge in [0.05, 0.1) is 24.5 Å². The summed E-state index contributed by atoms with van der Waals surface area (Å²) < 4.78 is 10.9. The van der Waals surface area contributed by atoms with Crippen molar-refractivity contribution < 1.29 is 19.4 Å². The van der Waals surface area contributed by atoms with Crippen molar-refractivity contribution in [2.45, 2.75) is 13.2 Å². The van der Waals surface area contributed by atoms with E-state index < -0.39 is 0 Å². The number of carbonyl (C=O) groups excluding carboxylic acids is 1. The second kappa shape index (κ2) is 6.97. The van der Waals surface area contributed by atoms with Gasteiger partial charge in [-0.2, -0.15) is 0 Å². The summed E-state index contributed by atoms with van der Waals surface area (Å²) in [4.78, 5) is 16.1. The Hall–Kier alpha value is -2.80. The van der Waals surface area contributed by atoms with Gasteiger partial charge in [-0.15, -0.1) is 0 Å². The predicted molar refractivity (Wildman–Crippen MR) is 83.5 cm³/mol. The molecule has 7 heteroatoms. The first-order chi connectivity index (χ1) is 11.2. The van der Waals surface area contributed by atoms with Crippen LogP contribution in [-0.4, -0.2) is 29.3 Å². The van der Waals surface area contributed by atoms with Gasteiger partial charge < -0.3 is 25.2 Å². The number of pyridine rings is 1. The van der Waals surface area contributed by atoms with Crippen LogP contribution in [0.2, 0.25) is 0 Å². The molecular weight excluding hydrogens is 298 g/mol. The zero-order valence-corrected chi connectivity index (χ0v) is 12.4. The van der Waals surface area contributed by atoms with Crippen LogP contribution >= 0.6 is 0 Å². The number of benzene rings is 1. The molecule has 2 amide bonds. The molecule has 2 heterocycles. The molecule has 3 rings (SSSR count). The number of anilines is 1. The molecule has 0 radical (unpaired) electrons. The van der Waals surface area contributed by atoms with Crippen molar-refractivity contribution in [2.75, 3.05) is 18.5 Å². The van der Waals surface area contributed by atoms with Gasteiger partial charge in [0.15, 0.2) is 11.5 Å². The Morgan fingerprint density at radius 3 is 2.74 bits per heavy atom. The van der Waals surface area contributed by atoms with Crippen LogP contribution in [0.5, 0.6) is 11.5 Å². The summed E-state index contributed by atoms with van der Waals surface area (Å²) in [5.74, 6) is 1.29. The Labute approximate surface area is 133 Å². The van der Waals surface area contributed by atoms with E-state index in [1.165, 1.54) is 0 Å². The summed E-state index contributed by atoms with van der Waals surface area (Å²) in [6.07, 6.45) is 0. The minimum Gasteiger partial charge on any atom is -0.486 e. The Balaban J connectivity index is 1.56. The molecule has 0 fully saturated rings. The molecule has 1 aliphatic heterocycles. The average Bonchev–Trinajstić information content (AvgIpc) is 2.60. The molecule has 0 bridgehead atoms. The van der Waals surface area contributed by atoms with Gasteiger partial charge in [0, 0.05) is 11.8 Å². The summed E-state index contributed by atoms with van der Waals surface area (Å²) in [5.41, 5.74) is 1.86. The Bertz CT molecular complexity index is 705. The summed E-state index contributed by atoms with van der Waals surface area (Å²) in [6, 6.07) is 10.2. The highest BCUT2D eigenvalue weighted by Crippen LogP contribution is 2.32. The van der Waals surface area contributed by atoms with Gasteiger partial charge in [-0.3, -0.25) is 4.98 Å². The third-order valence-electron chi connectivity index (χ3n) is 3.26. The van der Waals surface area contributed by atoms with Gasteiger partial charge in [0.2, 0.25) is 0 Å². The third-order valence-corrected chi connectivity index (χ3v) is 3.26. The first-order valence-corrected chi connectivity index (χ1v) is 7.25. The van der Waals surface area contributed by atoms with Crippen molar-refractivity contribution >= 4 is 11.7 Å². The fraction of sp³-hybridized carbons (Fsp3) is 0.250. The van der Waals surface area contributed by atoms with Gasteiger partial charge in [-0.05, 0) is 24.3 Å². The molecule has 0 aliphatic carbocycles. The molecule has 3 N–H and O–H groups in total. The van der Waals surface area contributed by atoms with Crippen LogP contribution in [0, 0.1) is 0 Å². The highest BCUT2D eigenvalue weighted by atomic mass is 16.6. The number of amides is 2. The number of nitrogens with one attached hydrogen (secondary N) is 2. The molecule has 1 aromatic heterocycles. The highest BCUT2D eigenvalue weighted by molar-refractivity contribution is 5.89. The monoisotopic (exact) mass is 315 g/mol. The Morgan fingerprint density at radius 1 is 1.13 bits per heavy atom. The molecule has 120 valence electrons. The standard InChI is InChI=1S/C16H17N3O4/c20-10-13-3-1-2-12(18-13)9-17-16(21)19-11-4-5-14-15(8-11)23-7-6-22-14/h1-5,8,20H,6-7,9-10H2,(H2,17,19,21). The second-order valence-corrected chi connectivity index (χ2v) is 4.94. The second-order valence-electron chi connectivity index (χ2n) is 4.94. The van der Waals surface area contributed by atoms with E-state index in [0.29, 0.717) is 41.8 Å². The van der Waals surface area contributed by atoms with Crippen molar-refractivity contribution in [3.8, 4) is 11.5 Å². The van der Waals surface area contributed by atoms with Crippen LogP contribution in [0.25, 0.3) is 0 Å². The van der Waals surface area contributed by atoms with E-state index in [1.54, 1.807) is 36.4 Å². The molecule has 7 nitrogen and oxygen atoms in total. The van der Waals surface area contributed by atoms with Crippen LogP contribution in [0.15, 0.2) is 36.4 Å². The Morgan fingerprint density at radius 2 is 1.91 bits per heavy atom. The lowest BCUT2D eigenvalue weighted by molar-refractivity contribution is 0.171. The largest absolute Gasteiger partial charge is 0.486 e. The summed E-state index contributed by atoms with van der Waals surface area (Å²) in [6.45, 7) is 1.16. The number of aliphatic hydroxyl groups excluding tert-OH is 1. The van der Waals surface area contributed by atoms with Crippen molar-refractivity contribution in [3.63, 3.8) is 0 Å². The van der Waals surface area contributed by atoms with Crippen molar-refractivity contribution in [1.82, 2.24) is 10.3 Å². The number of carbonyl (C=O) groups is 1. The number of urea groups is 1. The number of hydrogen-bond donors (Lipinski definition) is 3. The molecule has 0 unspecified atom stereocenters. The van der Waals surface area contributed by atoms with Crippen molar-refractivity contribution in [2.24, 2.45) is 0 Å². The van der Waals surface area contributed by atoms with E-state index >= 15 is 0 Å². The SMILES string of the molecule is O=C(NCc1cccc(CO)n1)Nc1ccc2c(c1)OCCO2. The number of hydrogen-bond acceptors (Lipinski definition) is 5. The fourth-order valence-electron chi connectivity index (χ4n) is 2.18. The fourth-order valence-corrected chi connectivity index (χ4v) is 2.18. The molecule has 0 spiro atoms. The number of fused-ring (bicyclic) bond motifs is 1. The zero-order valence-electron chi connectivity index (χ0n) is 12.4. The van der Waals surface area contributed by atoms with Crippen molar-refractivity contribution in [3.05, 3.63) is 47.8 Å². The molecule has 23 heavy (non-hydrogen) atoms.